The van der Waals surface area contributed by atoms with Crippen LogP contribution in [0, 0.1) is 17.8 Å². The van der Waals surface area contributed by atoms with Gasteiger partial charge in [-0.15, -0.1) is 12.3 Å². The summed E-state index contributed by atoms with van der Waals surface area (Å²) < 4.78 is 10.8. The zero-order chi connectivity index (χ0) is 28.9. The first-order chi connectivity index (χ1) is 16.8. The summed E-state index contributed by atoms with van der Waals surface area (Å²) in [6, 6.07) is -1.71. The number of rotatable bonds is 13. The van der Waals surface area contributed by atoms with E-state index in [4.69, 9.17) is 15.9 Å². The zero-order valence-corrected chi connectivity index (χ0v) is 24.3. The van der Waals surface area contributed by atoms with E-state index in [2.05, 4.69) is 21.9 Å². The number of carbonyl (C=O) groups excluding carboxylic acids is 4. The molecule has 0 aromatic carbocycles. The minimum atomic E-state index is -1.01. The molecule has 0 fully saturated rings. The second kappa shape index (κ2) is 15.5. The molecule has 9 nitrogen and oxygen atoms in total. The molecule has 0 radical (unpaired) electrons. The van der Waals surface area contributed by atoms with Crippen LogP contribution >= 0.6 is 0 Å². The highest BCUT2D eigenvalue weighted by atomic mass is 16.6. The van der Waals surface area contributed by atoms with E-state index in [0.29, 0.717) is 25.8 Å². The van der Waals surface area contributed by atoms with Gasteiger partial charge in [-0.2, -0.15) is 0 Å². The summed E-state index contributed by atoms with van der Waals surface area (Å²) in [7, 11) is 0. The number of hydrogen-bond donors (Lipinski definition) is 3. The van der Waals surface area contributed by atoms with Crippen molar-refractivity contribution >= 4 is 23.9 Å². The fourth-order valence-corrected chi connectivity index (χ4v) is 3.33. The zero-order valence-electron chi connectivity index (χ0n) is 24.3. The first kappa shape index (κ1) is 34.2. The maximum absolute atomic E-state index is 12.9. The number of ether oxygens (including phenoxy) is 2. The van der Waals surface area contributed by atoms with E-state index in [1.165, 1.54) is 0 Å². The van der Waals surface area contributed by atoms with Crippen LogP contribution in [0.4, 0.5) is 4.79 Å². The van der Waals surface area contributed by atoms with E-state index in [9.17, 15) is 19.2 Å². The number of carbonyl (C=O) groups is 4. The first-order valence-corrected chi connectivity index (χ1v) is 13.1. The fraction of sp³-hybridized carbons (Fsp3) is 0.786. The van der Waals surface area contributed by atoms with Gasteiger partial charge in [0, 0.05) is 31.8 Å². The Hall–Kier alpha value is -2.76. The summed E-state index contributed by atoms with van der Waals surface area (Å²) in [6.45, 7) is 17.1. The lowest BCUT2D eigenvalue weighted by Crippen LogP contribution is -2.53. The summed E-state index contributed by atoms with van der Waals surface area (Å²) in [5.74, 6) is 1.31. The van der Waals surface area contributed by atoms with Gasteiger partial charge in [0.1, 0.15) is 17.2 Å². The standard InChI is InChI=1S/C28H49N3O6/c1-11-12-16-22(32)29-19-14-13-15-21(26(2,3)4)31-25(35)30-20(24(34)37-28(8,9)10)17-18-23(33)36-27(5,6)7/h1,20-21H,12-19H2,2-10H3,(H,29,32)(H2,30,31,35)/t20-,21-/m0/s1. The Kier molecular flexibility index (Phi) is 14.3. The lowest BCUT2D eigenvalue weighted by atomic mass is 9.84. The molecule has 0 rings (SSSR count). The van der Waals surface area contributed by atoms with Crippen molar-refractivity contribution in [2.24, 2.45) is 5.41 Å². The van der Waals surface area contributed by atoms with Crippen molar-refractivity contribution in [1.29, 1.82) is 0 Å². The van der Waals surface area contributed by atoms with Crippen molar-refractivity contribution in [3.63, 3.8) is 0 Å². The van der Waals surface area contributed by atoms with E-state index in [1.807, 2.05) is 20.8 Å². The van der Waals surface area contributed by atoms with E-state index < -0.39 is 35.2 Å². The van der Waals surface area contributed by atoms with Crippen molar-refractivity contribution in [2.45, 2.75) is 131 Å². The highest BCUT2D eigenvalue weighted by Gasteiger charge is 2.31. The van der Waals surface area contributed by atoms with Gasteiger partial charge in [-0.3, -0.25) is 9.59 Å². The summed E-state index contributed by atoms with van der Waals surface area (Å²) in [4.78, 5) is 49.6. The normalized spacial score (nSPS) is 13.5. The first-order valence-electron chi connectivity index (χ1n) is 13.1. The molecule has 0 saturated heterocycles. The molecule has 9 heteroatoms. The second-order valence-electron chi connectivity index (χ2n) is 12.3. The average molecular weight is 524 g/mol. The third-order valence-electron chi connectivity index (χ3n) is 5.14. The molecule has 0 aliphatic heterocycles. The molecule has 3 N–H and O–H groups in total. The smallest absolute Gasteiger partial charge is 0.329 e. The van der Waals surface area contributed by atoms with Crippen LogP contribution in [-0.4, -0.2) is 53.7 Å². The molecular formula is C28H49N3O6. The van der Waals surface area contributed by atoms with Gasteiger partial charge in [0.25, 0.3) is 0 Å². The fourth-order valence-electron chi connectivity index (χ4n) is 3.33. The number of nitrogens with one attached hydrogen (secondary N) is 3. The predicted molar refractivity (Wildman–Crippen MR) is 145 cm³/mol. The Morgan fingerprint density at radius 2 is 1.41 bits per heavy atom. The van der Waals surface area contributed by atoms with Crippen LogP contribution in [0.3, 0.4) is 0 Å². The maximum Gasteiger partial charge on any atom is 0.329 e. The highest BCUT2D eigenvalue weighted by molar-refractivity contribution is 5.84. The molecule has 0 heterocycles. The quantitative estimate of drug-likeness (QED) is 0.189. The van der Waals surface area contributed by atoms with Gasteiger partial charge in [0.15, 0.2) is 0 Å². The Balaban J connectivity index is 5.07. The number of terminal acetylenes is 1. The van der Waals surface area contributed by atoms with Crippen molar-refractivity contribution in [3.05, 3.63) is 0 Å². The molecule has 0 aliphatic carbocycles. The molecule has 0 bridgehead atoms. The number of urea groups is 1. The number of hydrogen-bond acceptors (Lipinski definition) is 6. The molecule has 0 saturated carbocycles. The molecule has 0 spiro atoms. The SMILES string of the molecule is C#CCCC(=O)NCCCC[C@H](NC(=O)N[C@@H](CCC(=O)OC(C)(C)C)C(=O)OC(C)(C)C)C(C)(C)C. The summed E-state index contributed by atoms with van der Waals surface area (Å²) in [5.41, 5.74) is -1.64. The maximum atomic E-state index is 12.9. The molecule has 0 aliphatic rings. The lowest BCUT2D eigenvalue weighted by Gasteiger charge is -2.32. The number of unbranched alkanes of at least 4 members (excludes halogenated alkanes) is 1. The molecular weight excluding hydrogens is 474 g/mol. The van der Waals surface area contributed by atoms with Gasteiger partial charge in [0.05, 0.1) is 0 Å². The van der Waals surface area contributed by atoms with Crippen molar-refractivity contribution in [1.82, 2.24) is 16.0 Å². The number of esters is 2. The molecule has 0 aromatic rings. The van der Waals surface area contributed by atoms with Gasteiger partial charge in [0.2, 0.25) is 5.91 Å². The van der Waals surface area contributed by atoms with Crippen molar-refractivity contribution < 1.29 is 28.7 Å². The predicted octanol–water partition coefficient (Wildman–Crippen LogP) is 4.23. The molecule has 3 amide bonds. The van der Waals surface area contributed by atoms with Crippen LogP contribution in [-0.2, 0) is 23.9 Å². The summed E-state index contributed by atoms with van der Waals surface area (Å²) in [6.07, 6.45) is 8.14. The van der Waals surface area contributed by atoms with Crippen molar-refractivity contribution in [3.8, 4) is 12.3 Å². The molecule has 0 aromatic heterocycles. The third kappa shape index (κ3) is 18.2. The van der Waals surface area contributed by atoms with Gasteiger partial charge in [-0.05, 0) is 72.6 Å². The van der Waals surface area contributed by atoms with Gasteiger partial charge in [-0.1, -0.05) is 20.8 Å². The van der Waals surface area contributed by atoms with E-state index in [0.717, 1.165) is 12.8 Å². The monoisotopic (exact) mass is 523 g/mol. The Morgan fingerprint density at radius 3 is 1.92 bits per heavy atom. The van der Waals surface area contributed by atoms with Crippen LogP contribution in [0.2, 0.25) is 0 Å². The van der Waals surface area contributed by atoms with Gasteiger partial charge < -0.3 is 25.4 Å². The van der Waals surface area contributed by atoms with E-state index in [-0.39, 0.29) is 30.2 Å². The van der Waals surface area contributed by atoms with E-state index in [1.54, 1.807) is 41.5 Å². The Morgan fingerprint density at radius 1 is 0.811 bits per heavy atom. The number of amides is 3. The molecule has 2 atom stereocenters. The minimum Gasteiger partial charge on any atom is -0.460 e. The van der Waals surface area contributed by atoms with Crippen LogP contribution < -0.4 is 16.0 Å². The molecule has 212 valence electrons. The van der Waals surface area contributed by atoms with Gasteiger partial charge >= 0.3 is 18.0 Å². The minimum absolute atomic E-state index is 0.0444. The highest BCUT2D eigenvalue weighted by Crippen LogP contribution is 2.23. The second-order valence-corrected chi connectivity index (χ2v) is 12.3. The molecule has 37 heavy (non-hydrogen) atoms. The largest absolute Gasteiger partial charge is 0.460 e. The van der Waals surface area contributed by atoms with Crippen molar-refractivity contribution in [2.75, 3.05) is 6.54 Å². The average Bonchev–Trinajstić information content (AvgIpc) is 2.70. The van der Waals surface area contributed by atoms with Gasteiger partial charge in [-0.25, -0.2) is 9.59 Å². The third-order valence-corrected chi connectivity index (χ3v) is 5.14. The van der Waals surface area contributed by atoms with Crippen LogP contribution in [0.25, 0.3) is 0 Å². The summed E-state index contributed by atoms with van der Waals surface area (Å²) in [5, 5.41) is 8.51. The Bertz CT molecular complexity index is 797. The molecule has 0 unspecified atom stereocenters. The van der Waals surface area contributed by atoms with Crippen LogP contribution in [0.1, 0.15) is 107 Å². The summed E-state index contributed by atoms with van der Waals surface area (Å²) >= 11 is 0. The van der Waals surface area contributed by atoms with Crippen LogP contribution in [0.15, 0.2) is 0 Å². The lowest BCUT2D eigenvalue weighted by molar-refractivity contribution is -0.158. The van der Waals surface area contributed by atoms with Crippen LogP contribution in [0.5, 0.6) is 0 Å². The topological polar surface area (TPSA) is 123 Å². The Labute approximate surface area is 223 Å². The van der Waals surface area contributed by atoms with E-state index >= 15 is 0 Å².